The predicted octanol–water partition coefficient (Wildman–Crippen LogP) is 5.23. The standard InChI is InChI=1S/C18H13Cl2FN4O/c1-10-22-16(18(26)25-15-7-11(19)5-6-14(15)20)9-17(23-10)24-13-4-2-3-12(21)8-13/h2-9H,1H3,(H,25,26)(H,22,23,24). The van der Waals surface area contributed by atoms with Crippen LogP contribution in [0.4, 0.5) is 21.6 Å². The molecule has 0 unspecified atom stereocenters. The van der Waals surface area contributed by atoms with Crippen molar-refractivity contribution in [1.29, 1.82) is 0 Å². The van der Waals surface area contributed by atoms with Crippen LogP contribution in [0.1, 0.15) is 16.3 Å². The third kappa shape index (κ3) is 4.47. The fourth-order valence-electron chi connectivity index (χ4n) is 2.24. The monoisotopic (exact) mass is 390 g/mol. The molecule has 0 radical (unpaired) electrons. The molecule has 0 atom stereocenters. The van der Waals surface area contributed by atoms with E-state index >= 15 is 0 Å². The zero-order valence-corrected chi connectivity index (χ0v) is 15.1. The third-order valence-corrected chi connectivity index (χ3v) is 3.91. The lowest BCUT2D eigenvalue weighted by Gasteiger charge is -2.10. The topological polar surface area (TPSA) is 66.9 Å². The van der Waals surface area contributed by atoms with Crippen LogP contribution in [0.5, 0.6) is 0 Å². The first-order valence-corrected chi connectivity index (χ1v) is 8.31. The van der Waals surface area contributed by atoms with E-state index < -0.39 is 5.91 Å². The highest BCUT2D eigenvalue weighted by atomic mass is 35.5. The Hall–Kier alpha value is -2.70. The number of benzene rings is 2. The smallest absolute Gasteiger partial charge is 0.274 e. The minimum atomic E-state index is -0.470. The summed E-state index contributed by atoms with van der Waals surface area (Å²) in [6, 6.07) is 12.1. The van der Waals surface area contributed by atoms with E-state index in [0.29, 0.717) is 33.1 Å². The van der Waals surface area contributed by atoms with Crippen molar-refractivity contribution in [2.75, 3.05) is 10.6 Å². The third-order valence-electron chi connectivity index (χ3n) is 3.34. The molecule has 26 heavy (non-hydrogen) atoms. The van der Waals surface area contributed by atoms with Gasteiger partial charge in [0.1, 0.15) is 23.2 Å². The number of aromatic nitrogens is 2. The molecule has 0 saturated heterocycles. The number of carbonyl (C=O) groups is 1. The van der Waals surface area contributed by atoms with E-state index in [2.05, 4.69) is 20.6 Å². The summed E-state index contributed by atoms with van der Waals surface area (Å²) in [5, 5.41) is 6.40. The summed E-state index contributed by atoms with van der Waals surface area (Å²) < 4.78 is 13.3. The Kier molecular flexibility index (Phi) is 5.35. The molecule has 1 amide bonds. The van der Waals surface area contributed by atoms with Crippen LogP contribution in [0.2, 0.25) is 10.0 Å². The summed E-state index contributed by atoms with van der Waals surface area (Å²) in [6.07, 6.45) is 0. The average Bonchev–Trinajstić information content (AvgIpc) is 2.57. The van der Waals surface area contributed by atoms with Crippen LogP contribution in [0.3, 0.4) is 0 Å². The predicted molar refractivity (Wildman–Crippen MR) is 101 cm³/mol. The van der Waals surface area contributed by atoms with Gasteiger partial charge < -0.3 is 10.6 Å². The Balaban J connectivity index is 1.84. The number of hydrogen-bond acceptors (Lipinski definition) is 4. The maximum absolute atomic E-state index is 13.3. The summed E-state index contributed by atoms with van der Waals surface area (Å²) in [5.41, 5.74) is 1.01. The molecule has 1 aromatic heterocycles. The summed E-state index contributed by atoms with van der Waals surface area (Å²) in [4.78, 5) is 20.8. The van der Waals surface area contributed by atoms with Crippen LogP contribution in [-0.4, -0.2) is 15.9 Å². The molecule has 2 N–H and O–H groups in total. The molecule has 0 saturated carbocycles. The fourth-order valence-corrected chi connectivity index (χ4v) is 2.58. The molecule has 0 aliphatic rings. The Morgan fingerprint density at radius 3 is 2.65 bits per heavy atom. The summed E-state index contributed by atoms with van der Waals surface area (Å²) in [6.45, 7) is 1.65. The normalized spacial score (nSPS) is 10.5. The quantitative estimate of drug-likeness (QED) is 0.640. The van der Waals surface area contributed by atoms with Crippen LogP contribution >= 0.6 is 23.2 Å². The first-order valence-electron chi connectivity index (χ1n) is 7.55. The minimum Gasteiger partial charge on any atom is -0.340 e. The number of nitrogens with one attached hydrogen (secondary N) is 2. The molecule has 8 heteroatoms. The van der Waals surface area contributed by atoms with Gasteiger partial charge in [-0.1, -0.05) is 29.3 Å². The Labute approximate surface area is 159 Å². The van der Waals surface area contributed by atoms with E-state index in [0.717, 1.165) is 0 Å². The van der Waals surface area contributed by atoms with E-state index in [1.165, 1.54) is 18.2 Å². The van der Waals surface area contributed by atoms with Gasteiger partial charge in [0.15, 0.2) is 0 Å². The van der Waals surface area contributed by atoms with E-state index in [1.807, 2.05) is 0 Å². The number of amides is 1. The average molecular weight is 391 g/mol. The molecule has 0 bridgehead atoms. The zero-order chi connectivity index (χ0) is 18.7. The molecule has 0 fully saturated rings. The van der Waals surface area contributed by atoms with Gasteiger partial charge >= 0.3 is 0 Å². The number of hydrogen-bond donors (Lipinski definition) is 2. The molecule has 5 nitrogen and oxygen atoms in total. The lowest BCUT2D eigenvalue weighted by Crippen LogP contribution is -2.15. The highest BCUT2D eigenvalue weighted by Crippen LogP contribution is 2.26. The number of nitrogens with zero attached hydrogens (tertiary/aromatic N) is 2. The summed E-state index contributed by atoms with van der Waals surface area (Å²) >= 11 is 12.0. The molecular formula is C18H13Cl2FN4O. The number of aryl methyl sites for hydroxylation is 1. The van der Waals surface area contributed by atoms with E-state index in [1.54, 1.807) is 37.3 Å². The van der Waals surface area contributed by atoms with Gasteiger partial charge in [-0.25, -0.2) is 14.4 Å². The van der Waals surface area contributed by atoms with Crippen LogP contribution < -0.4 is 10.6 Å². The zero-order valence-electron chi connectivity index (χ0n) is 13.6. The van der Waals surface area contributed by atoms with Crippen molar-refractivity contribution in [2.45, 2.75) is 6.92 Å². The number of carbonyl (C=O) groups excluding carboxylic acids is 1. The van der Waals surface area contributed by atoms with Gasteiger partial charge in [0.2, 0.25) is 0 Å². The van der Waals surface area contributed by atoms with Gasteiger partial charge in [-0.2, -0.15) is 0 Å². The molecule has 0 aliphatic heterocycles. The second-order valence-electron chi connectivity index (χ2n) is 5.40. The van der Waals surface area contributed by atoms with Crippen LogP contribution in [0.15, 0.2) is 48.5 Å². The lowest BCUT2D eigenvalue weighted by molar-refractivity contribution is 0.102. The summed E-state index contributed by atoms with van der Waals surface area (Å²) in [7, 11) is 0. The molecular weight excluding hydrogens is 378 g/mol. The van der Waals surface area contributed by atoms with Gasteiger partial charge in [-0.3, -0.25) is 4.79 Å². The van der Waals surface area contributed by atoms with Crippen molar-refractivity contribution >= 4 is 46.3 Å². The molecule has 132 valence electrons. The van der Waals surface area contributed by atoms with Crippen molar-refractivity contribution in [3.8, 4) is 0 Å². The minimum absolute atomic E-state index is 0.132. The van der Waals surface area contributed by atoms with Crippen LogP contribution in [0, 0.1) is 12.7 Å². The van der Waals surface area contributed by atoms with Gasteiger partial charge in [-0.15, -0.1) is 0 Å². The summed E-state index contributed by atoms with van der Waals surface area (Å²) in [5.74, 6) is -0.101. The highest BCUT2D eigenvalue weighted by molar-refractivity contribution is 6.35. The van der Waals surface area contributed by atoms with Gasteiger partial charge in [-0.05, 0) is 43.3 Å². The van der Waals surface area contributed by atoms with Crippen LogP contribution in [-0.2, 0) is 0 Å². The lowest BCUT2D eigenvalue weighted by atomic mass is 10.2. The van der Waals surface area contributed by atoms with Gasteiger partial charge in [0.25, 0.3) is 5.91 Å². The second-order valence-corrected chi connectivity index (χ2v) is 6.24. The number of halogens is 3. The van der Waals surface area contributed by atoms with E-state index in [4.69, 9.17) is 23.2 Å². The second kappa shape index (κ2) is 7.68. The maximum Gasteiger partial charge on any atom is 0.274 e. The molecule has 3 aromatic rings. The largest absolute Gasteiger partial charge is 0.340 e. The molecule has 1 heterocycles. The first-order chi connectivity index (χ1) is 12.4. The van der Waals surface area contributed by atoms with Crippen molar-refractivity contribution in [3.05, 3.63) is 75.9 Å². The SMILES string of the molecule is Cc1nc(Nc2cccc(F)c2)cc(C(=O)Nc2cc(Cl)ccc2Cl)n1. The van der Waals surface area contributed by atoms with Gasteiger partial charge in [0.05, 0.1) is 10.7 Å². The first kappa shape index (κ1) is 18.1. The Morgan fingerprint density at radius 1 is 1.08 bits per heavy atom. The van der Waals surface area contributed by atoms with Crippen molar-refractivity contribution in [3.63, 3.8) is 0 Å². The van der Waals surface area contributed by atoms with E-state index in [-0.39, 0.29) is 11.5 Å². The molecule has 0 aliphatic carbocycles. The number of rotatable bonds is 4. The van der Waals surface area contributed by atoms with Crippen LogP contribution in [0.25, 0.3) is 0 Å². The van der Waals surface area contributed by atoms with Crippen molar-refractivity contribution < 1.29 is 9.18 Å². The molecule has 3 rings (SSSR count). The fraction of sp³-hybridized carbons (Fsp3) is 0.0556. The van der Waals surface area contributed by atoms with E-state index in [9.17, 15) is 9.18 Å². The Morgan fingerprint density at radius 2 is 1.88 bits per heavy atom. The highest BCUT2D eigenvalue weighted by Gasteiger charge is 2.13. The van der Waals surface area contributed by atoms with Crippen molar-refractivity contribution in [1.82, 2.24) is 9.97 Å². The van der Waals surface area contributed by atoms with Crippen molar-refractivity contribution in [2.24, 2.45) is 0 Å². The molecule has 0 spiro atoms. The maximum atomic E-state index is 13.3. The number of anilines is 3. The Bertz CT molecular complexity index is 981. The van der Waals surface area contributed by atoms with Gasteiger partial charge in [0, 0.05) is 16.8 Å². The molecule has 2 aromatic carbocycles.